The van der Waals surface area contributed by atoms with Crippen molar-refractivity contribution in [3.8, 4) is 0 Å². The van der Waals surface area contributed by atoms with Crippen LogP contribution in [0, 0.1) is 12.8 Å². The molecule has 0 amide bonds. The van der Waals surface area contributed by atoms with Crippen molar-refractivity contribution >= 4 is 29.1 Å². The van der Waals surface area contributed by atoms with Gasteiger partial charge in [0.05, 0.1) is 0 Å². The summed E-state index contributed by atoms with van der Waals surface area (Å²) in [5, 5.41) is 3.94. The average Bonchev–Trinajstić information content (AvgIpc) is 2.46. The second-order valence-corrected chi connectivity index (χ2v) is 6.46. The van der Waals surface area contributed by atoms with Gasteiger partial charge in [-0.2, -0.15) is 4.98 Å². The smallest absolute Gasteiger partial charge is 0.229 e. The highest BCUT2D eigenvalue weighted by Crippen LogP contribution is 2.24. The Morgan fingerprint density at radius 3 is 2.91 bits per heavy atom. The average molecular weight is 317 g/mol. The Balaban J connectivity index is 1.83. The third-order valence-electron chi connectivity index (χ3n) is 3.90. The van der Waals surface area contributed by atoms with Crippen molar-refractivity contribution in [3.63, 3.8) is 0 Å². The van der Waals surface area contributed by atoms with Crippen LogP contribution in [0.15, 0.2) is 30.3 Å². The van der Waals surface area contributed by atoms with Gasteiger partial charge in [-0.1, -0.05) is 24.6 Å². The predicted molar refractivity (Wildman–Crippen MR) is 92.1 cm³/mol. The molecule has 1 aromatic heterocycles. The lowest BCUT2D eigenvalue weighted by Gasteiger charge is -2.32. The van der Waals surface area contributed by atoms with E-state index in [2.05, 4.69) is 33.2 Å². The fourth-order valence-electron chi connectivity index (χ4n) is 2.86. The summed E-state index contributed by atoms with van der Waals surface area (Å²) in [6, 6.07) is 9.65. The van der Waals surface area contributed by atoms with Crippen LogP contribution in [0.5, 0.6) is 0 Å². The van der Waals surface area contributed by atoms with Crippen LogP contribution in [0.3, 0.4) is 0 Å². The van der Waals surface area contributed by atoms with Gasteiger partial charge in [-0.3, -0.25) is 0 Å². The molecule has 116 valence electrons. The van der Waals surface area contributed by atoms with Gasteiger partial charge in [-0.15, -0.1) is 0 Å². The van der Waals surface area contributed by atoms with E-state index in [4.69, 9.17) is 11.6 Å². The summed E-state index contributed by atoms with van der Waals surface area (Å²) in [5.74, 6) is 2.34. The molecule has 1 fully saturated rings. The molecule has 2 aromatic rings. The van der Waals surface area contributed by atoms with E-state index in [1.54, 1.807) is 0 Å². The zero-order chi connectivity index (χ0) is 15.5. The number of benzene rings is 1. The summed E-state index contributed by atoms with van der Waals surface area (Å²) in [6.07, 6.45) is 2.52. The van der Waals surface area contributed by atoms with Gasteiger partial charge in [-0.05, 0) is 43.9 Å². The third-order valence-corrected chi connectivity index (χ3v) is 4.14. The SMILES string of the molecule is Cc1cc(N2CCCC(C)C2)nc(Nc2cccc(Cl)c2)n1. The fraction of sp³-hybridized carbons (Fsp3) is 0.412. The highest BCUT2D eigenvalue weighted by molar-refractivity contribution is 6.30. The van der Waals surface area contributed by atoms with Crippen LogP contribution >= 0.6 is 11.6 Å². The summed E-state index contributed by atoms with van der Waals surface area (Å²) >= 11 is 6.02. The van der Waals surface area contributed by atoms with Gasteiger partial charge in [0.15, 0.2) is 0 Å². The standard InChI is InChI=1S/C17H21ClN4/c1-12-5-4-8-22(11-12)16-9-13(2)19-17(21-16)20-15-7-3-6-14(18)10-15/h3,6-7,9-10,12H,4-5,8,11H2,1-2H3,(H,19,20,21). The molecule has 22 heavy (non-hydrogen) atoms. The summed E-state index contributed by atoms with van der Waals surface area (Å²) in [4.78, 5) is 11.5. The molecular weight excluding hydrogens is 296 g/mol. The van der Waals surface area contributed by atoms with E-state index in [1.807, 2.05) is 31.2 Å². The molecule has 1 N–H and O–H groups in total. The molecule has 1 aliphatic rings. The Morgan fingerprint density at radius 2 is 2.14 bits per heavy atom. The summed E-state index contributed by atoms with van der Waals surface area (Å²) in [7, 11) is 0. The van der Waals surface area contributed by atoms with Crippen LogP contribution in [-0.4, -0.2) is 23.1 Å². The van der Waals surface area contributed by atoms with Crippen LogP contribution < -0.4 is 10.2 Å². The lowest BCUT2D eigenvalue weighted by atomic mass is 10.0. The Hall–Kier alpha value is -1.81. The quantitative estimate of drug-likeness (QED) is 0.910. The highest BCUT2D eigenvalue weighted by Gasteiger charge is 2.18. The van der Waals surface area contributed by atoms with E-state index < -0.39 is 0 Å². The molecule has 0 saturated carbocycles. The van der Waals surface area contributed by atoms with E-state index in [9.17, 15) is 0 Å². The van der Waals surface area contributed by atoms with Crippen molar-refractivity contribution in [2.24, 2.45) is 5.92 Å². The summed E-state index contributed by atoms with van der Waals surface area (Å²) in [5.41, 5.74) is 1.86. The monoisotopic (exact) mass is 316 g/mol. The van der Waals surface area contributed by atoms with E-state index in [0.717, 1.165) is 30.3 Å². The highest BCUT2D eigenvalue weighted by atomic mass is 35.5. The predicted octanol–water partition coefficient (Wildman–Crippen LogP) is 4.42. The molecule has 2 heterocycles. The molecule has 1 aromatic carbocycles. The van der Waals surface area contributed by atoms with E-state index >= 15 is 0 Å². The molecule has 1 unspecified atom stereocenters. The molecule has 0 spiro atoms. The van der Waals surface area contributed by atoms with Gasteiger partial charge in [0, 0.05) is 35.6 Å². The first kappa shape index (κ1) is 15.1. The second kappa shape index (κ2) is 6.53. The van der Waals surface area contributed by atoms with Crippen molar-refractivity contribution in [2.45, 2.75) is 26.7 Å². The Labute approximate surface area is 136 Å². The normalized spacial score (nSPS) is 18.3. The van der Waals surface area contributed by atoms with Gasteiger partial charge in [0.2, 0.25) is 5.95 Å². The maximum absolute atomic E-state index is 6.02. The number of nitrogens with one attached hydrogen (secondary N) is 1. The minimum atomic E-state index is 0.621. The molecule has 1 saturated heterocycles. The van der Waals surface area contributed by atoms with Gasteiger partial charge in [-0.25, -0.2) is 4.98 Å². The fourth-order valence-corrected chi connectivity index (χ4v) is 3.05. The number of hydrogen-bond donors (Lipinski definition) is 1. The van der Waals surface area contributed by atoms with Crippen molar-refractivity contribution in [3.05, 3.63) is 41.0 Å². The minimum absolute atomic E-state index is 0.621. The van der Waals surface area contributed by atoms with Crippen LogP contribution in [0.25, 0.3) is 0 Å². The molecular formula is C17H21ClN4. The number of hydrogen-bond acceptors (Lipinski definition) is 4. The van der Waals surface area contributed by atoms with Gasteiger partial charge in [0.25, 0.3) is 0 Å². The first-order valence-corrected chi connectivity index (χ1v) is 8.11. The number of rotatable bonds is 3. The zero-order valence-corrected chi connectivity index (χ0v) is 13.8. The number of aromatic nitrogens is 2. The lowest BCUT2D eigenvalue weighted by molar-refractivity contribution is 0.444. The molecule has 5 heteroatoms. The van der Waals surface area contributed by atoms with Crippen molar-refractivity contribution < 1.29 is 0 Å². The number of anilines is 3. The molecule has 1 aliphatic heterocycles. The van der Waals surface area contributed by atoms with Crippen LogP contribution in [0.1, 0.15) is 25.5 Å². The molecule has 0 radical (unpaired) electrons. The van der Waals surface area contributed by atoms with E-state index in [0.29, 0.717) is 16.9 Å². The maximum Gasteiger partial charge on any atom is 0.229 e. The Bertz CT molecular complexity index is 659. The Kier molecular flexibility index (Phi) is 4.48. The van der Waals surface area contributed by atoms with Gasteiger partial charge in [0.1, 0.15) is 5.82 Å². The second-order valence-electron chi connectivity index (χ2n) is 6.02. The molecule has 3 rings (SSSR count). The summed E-state index contributed by atoms with van der Waals surface area (Å²) < 4.78 is 0. The first-order valence-electron chi connectivity index (χ1n) is 7.73. The minimum Gasteiger partial charge on any atom is -0.356 e. The number of aryl methyl sites for hydroxylation is 1. The Morgan fingerprint density at radius 1 is 1.27 bits per heavy atom. The first-order chi connectivity index (χ1) is 10.6. The largest absolute Gasteiger partial charge is 0.356 e. The molecule has 0 bridgehead atoms. The van der Waals surface area contributed by atoms with Gasteiger partial charge >= 0.3 is 0 Å². The van der Waals surface area contributed by atoms with Crippen molar-refractivity contribution in [2.75, 3.05) is 23.3 Å². The van der Waals surface area contributed by atoms with Crippen LogP contribution in [0.2, 0.25) is 5.02 Å². The lowest BCUT2D eigenvalue weighted by Crippen LogP contribution is -2.35. The number of nitrogens with zero attached hydrogens (tertiary/aromatic N) is 3. The zero-order valence-electron chi connectivity index (χ0n) is 13.0. The van der Waals surface area contributed by atoms with Crippen LogP contribution in [-0.2, 0) is 0 Å². The summed E-state index contributed by atoms with van der Waals surface area (Å²) in [6.45, 7) is 6.43. The molecule has 1 atom stereocenters. The molecule has 0 aliphatic carbocycles. The van der Waals surface area contributed by atoms with E-state index in [1.165, 1.54) is 12.8 Å². The van der Waals surface area contributed by atoms with Crippen LogP contribution in [0.4, 0.5) is 17.5 Å². The van der Waals surface area contributed by atoms with E-state index in [-0.39, 0.29) is 0 Å². The number of piperidine rings is 1. The van der Waals surface area contributed by atoms with Crippen molar-refractivity contribution in [1.82, 2.24) is 9.97 Å². The van der Waals surface area contributed by atoms with Gasteiger partial charge < -0.3 is 10.2 Å². The number of halogens is 1. The molecule has 4 nitrogen and oxygen atoms in total. The maximum atomic E-state index is 6.02. The van der Waals surface area contributed by atoms with Crippen molar-refractivity contribution in [1.29, 1.82) is 0 Å². The third kappa shape index (κ3) is 3.69. The topological polar surface area (TPSA) is 41.1 Å².